The smallest absolute Gasteiger partial charge is 0.263 e. The molecule has 2 aromatic rings. The number of H-pyrrole nitrogens is 1. The summed E-state index contributed by atoms with van der Waals surface area (Å²) in [6.45, 7) is 6.02. The van der Waals surface area contributed by atoms with Gasteiger partial charge < -0.3 is 10.1 Å². The van der Waals surface area contributed by atoms with Crippen LogP contribution in [0.4, 0.5) is 5.82 Å². The van der Waals surface area contributed by atoms with Crippen LogP contribution in [0.1, 0.15) is 31.0 Å². The molecule has 0 atom stereocenters. The monoisotopic (exact) mass is 273 g/mol. The number of carbonyl (C=O) groups excluding carboxylic acids is 1. The van der Waals surface area contributed by atoms with E-state index in [4.69, 9.17) is 4.74 Å². The van der Waals surface area contributed by atoms with Gasteiger partial charge in [0.05, 0.1) is 0 Å². The first-order valence-electron chi connectivity index (χ1n) is 6.60. The van der Waals surface area contributed by atoms with E-state index in [2.05, 4.69) is 29.4 Å². The highest BCUT2D eigenvalue weighted by molar-refractivity contribution is 5.91. The van der Waals surface area contributed by atoms with Gasteiger partial charge in [0.25, 0.3) is 5.91 Å². The summed E-state index contributed by atoms with van der Waals surface area (Å²) >= 11 is 0. The van der Waals surface area contributed by atoms with Gasteiger partial charge in [-0.05, 0) is 24.5 Å². The Morgan fingerprint density at radius 3 is 2.80 bits per heavy atom. The van der Waals surface area contributed by atoms with Gasteiger partial charge >= 0.3 is 0 Å². The van der Waals surface area contributed by atoms with E-state index >= 15 is 0 Å². The number of aromatic nitrogens is 2. The van der Waals surface area contributed by atoms with Crippen molar-refractivity contribution in [3.63, 3.8) is 0 Å². The highest BCUT2D eigenvalue weighted by Gasteiger charge is 2.09. The molecule has 0 radical (unpaired) electrons. The number of hydrogen-bond acceptors (Lipinski definition) is 3. The lowest BCUT2D eigenvalue weighted by molar-refractivity contribution is -0.118. The highest BCUT2D eigenvalue weighted by atomic mass is 16.5. The maximum absolute atomic E-state index is 11.8. The zero-order valence-electron chi connectivity index (χ0n) is 11.9. The Morgan fingerprint density at radius 2 is 2.15 bits per heavy atom. The molecule has 2 N–H and O–H groups in total. The summed E-state index contributed by atoms with van der Waals surface area (Å²) in [5.41, 5.74) is 1.99. The summed E-state index contributed by atoms with van der Waals surface area (Å²) in [5, 5.41) is 9.63. The van der Waals surface area contributed by atoms with Crippen LogP contribution in [0.5, 0.6) is 5.75 Å². The highest BCUT2D eigenvalue weighted by Crippen LogP contribution is 2.17. The zero-order valence-corrected chi connectivity index (χ0v) is 11.9. The fourth-order valence-electron chi connectivity index (χ4n) is 1.74. The number of amides is 1. The summed E-state index contributed by atoms with van der Waals surface area (Å²) in [6, 6.07) is 9.42. The van der Waals surface area contributed by atoms with Crippen molar-refractivity contribution in [3.05, 3.63) is 41.6 Å². The van der Waals surface area contributed by atoms with Crippen LogP contribution in [0, 0.1) is 6.92 Å². The third-order valence-corrected chi connectivity index (χ3v) is 2.94. The average Bonchev–Trinajstić information content (AvgIpc) is 2.86. The maximum Gasteiger partial charge on any atom is 0.263 e. The second-order valence-electron chi connectivity index (χ2n) is 4.97. The number of aryl methyl sites for hydroxylation is 1. The summed E-state index contributed by atoms with van der Waals surface area (Å²) in [4.78, 5) is 11.8. The molecule has 106 valence electrons. The molecule has 1 amide bonds. The summed E-state index contributed by atoms with van der Waals surface area (Å²) < 4.78 is 5.48. The molecule has 0 fully saturated rings. The summed E-state index contributed by atoms with van der Waals surface area (Å²) in [7, 11) is 0. The van der Waals surface area contributed by atoms with Gasteiger partial charge in [0.1, 0.15) is 5.75 Å². The van der Waals surface area contributed by atoms with Gasteiger partial charge in [-0.25, -0.2) is 0 Å². The quantitative estimate of drug-likeness (QED) is 0.880. The first-order valence-corrected chi connectivity index (χ1v) is 6.60. The standard InChI is InChI=1S/C15H19N3O2/c1-10(2)12-8-14(18-17-12)16-15(19)9-20-13-7-5-4-6-11(13)3/h4-8,10H,9H2,1-3H3,(H2,16,17,18,19). The molecule has 5 nitrogen and oxygen atoms in total. The molecule has 20 heavy (non-hydrogen) atoms. The molecule has 2 rings (SSSR count). The van der Waals surface area contributed by atoms with E-state index in [9.17, 15) is 4.79 Å². The van der Waals surface area contributed by atoms with E-state index in [0.717, 1.165) is 11.3 Å². The maximum atomic E-state index is 11.8. The molecule has 0 unspecified atom stereocenters. The van der Waals surface area contributed by atoms with Crippen molar-refractivity contribution in [2.75, 3.05) is 11.9 Å². The molecule has 0 aliphatic heterocycles. The third kappa shape index (κ3) is 3.60. The molecule has 0 aliphatic rings. The van der Waals surface area contributed by atoms with E-state index in [1.165, 1.54) is 0 Å². The van der Waals surface area contributed by atoms with Crippen molar-refractivity contribution in [3.8, 4) is 5.75 Å². The molecule has 0 aliphatic carbocycles. The van der Waals surface area contributed by atoms with Crippen molar-refractivity contribution in [1.29, 1.82) is 0 Å². The molecule has 0 saturated carbocycles. The van der Waals surface area contributed by atoms with Crippen LogP contribution in [0.15, 0.2) is 30.3 Å². The van der Waals surface area contributed by atoms with Crippen LogP contribution in [0.2, 0.25) is 0 Å². The molecule has 0 bridgehead atoms. The third-order valence-electron chi connectivity index (χ3n) is 2.94. The molecule has 0 saturated heterocycles. The van der Waals surface area contributed by atoms with Crippen molar-refractivity contribution >= 4 is 11.7 Å². The lowest BCUT2D eigenvalue weighted by atomic mass is 10.1. The number of ether oxygens (including phenoxy) is 1. The van der Waals surface area contributed by atoms with E-state index in [0.29, 0.717) is 17.5 Å². The van der Waals surface area contributed by atoms with Crippen molar-refractivity contribution in [1.82, 2.24) is 10.2 Å². The summed E-state index contributed by atoms with van der Waals surface area (Å²) in [6.07, 6.45) is 0. The van der Waals surface area contributed by atoms with Gasteiger partial charge in [0, 0.05) is 11.8 Å². The molecule has 1 aromatic heterocycles. The van der Waals surface area contributed by atoms with E-state index in [1.807, 2.05) is 37.3 Å². The number of nitrogens with zero attached hydrogens (tertiary/aromatic N) is 1. The Morgan fingerprint density at radius 1 is 1.40 bits per heavy atom. The minimum Gasteiger partial charge on any atom is -0.483 e. The minimum atomic E-state index is -0.227. The lowest BCUT2D eigenvalue weighted by Gasteiger charge is -2.08. The number of benzene rings is 1. The number of anilines is 1. The minimum absolute atomic E-state index is 0.0330. The Hall–Kier alpha value is -2.30. The molecule has 5 heteroatoms. The van der Waals surface area contributed by atoms with Crippen molar-refractivity contribution in [2.45, 2.75) is 26.7 Å². The predicted molar refractivity (Wildman–Crippen MR) is 78.0 cm³/mol. The summed E-state index contributed by atoms with van der Waals surface area (Å²) in [5.74, 6) is 1.35. The van der Waals surface area contributed by atoms with E-state index < -0.39 is 0 Å². The Kier molecular flexibility index (Phi) is 4.40. The molecule has 1 aromatic carbocycles. The van der Waals surface area contributed by atoms with Crippen LogP contribution in [-0.2, 0) is 4.79 Å². The van der Waals surface area contributed by atoms with Crippen LogP contribution in [-0.4, -0.2) is 22.7 Å². The Labute approximate surface area is 118 Å². The number of nitrogens with one attached hydrogen (secondary N) is 2. The number of para-hydroxylation sites is 1. The molecule has 0 spiro atoms. The van der Waals surface area contributed by atoms with Gasteiger partial charge in [-0.2, -0.15) is 5.10 Å². The molecular weight excluding hydrogens is 254 g/mol. The first-order chi connectivity index (χ1) is 9.56. The van der Waals surface area contributed by atoms with E-state index in [1.54, 1.807) is 0 Å². The first kappa shape index (κ1) is 14.1. The van der Waals surface area contributed by atoms with Crippen LogP contribution < -0.4 is 10.1 Å². The molecule has 1 heterocycles. The topological polar surface area (TPSA) is 67.0 Å². The van der Waals surface area contributed by atoms with Gasteiger partial charge in [-0.3, -0.25) is 9.89 Å². The number of carbonyl (C=O) groups is 1. The van der Waals surface area contributed by atoms with Gasteiger partial charge in [0.15, 0.2) is 12.4 Å². The number of rotatable bonds is 5. The number of hydrogen-bond donors (Lipinski definition) is 2. The Balaban J connectivity index is 1.88. The van der Waals surface area contributed by atoms with Gasteiger partial charge in [0.2, 0.25) is 0 Å². The lowest BCUT2D eigenvalue weighted by Crippen LogP contribution is -2.20. The van der Waals surface area contributed by atoms with Crippen LogP contribution >= 0.6 is 0 Å². The number of aromatic amines is 1. The molecular formula is C15H19N3O2. The average molecular weight is 273 g/mol. The second kappa shape index (κ2) is 6.23. The Bertz CT molecular complexity index is 590. The fourth-order valence-corrected chi connectivity index (χ4v) is 1.74. The van der Waals surface area contributed by atoms with Crippen LogP contribution in [0.25, 0.3) is 0 Å². The fraction of sp³-hybridized carbons (Fsp3) is 0.333. The van der Waals surface area contributed by atoms with Crippen molar-refractivity contribution < 1.29 is 9.53 Å². The SMILES string of the molecule is Cc1ccccc1OCC(=O)Nc1cc(C(C)C)[nH]n1. The van der Waals surface area contributed by atoms with Crippen LogP contribution in [0.3, 0.4) is 0 Å². The zero-order chi connectivity index (χ0) is 14.5. The predicted octanol–water partition coefficient (Wildman–Crippen LogP) is 2.86. The van der Waals surface area contributed by atoms with Gasteiger partial charge in [-0.15, -0.1) is 0 Å². The van der Waals surface area contributed by atoms with E-state index in [-0.39, 0.29) is 12.5 Å². The normalized spacial score (nSPS) is 10.6. The van der Waals surface area contributed by atoms with Crippen molar-refractivity contribution in [2.24, 2.45) is 0 Å². The largest absolute Gasteiger partial charge is 0.483 e. The second-order valence-corrected chi connectivity index (χ2v) is 4.97. The van der Waals surface area contributed by atoms with Gasteiger partial charge in [-0.1, -0.05) is 32.0 Å².